The van der Waals surface area contributed by atoms with Crippen LogP contribution in [-0.4, -0.2) is 38.4 Å². The number of aryl methyl sites for hydroxylation is 1. The van der Waals surface area contributed by atoms with Crippen LogP contribution in [0.25, 0.3) is 0 Å². The van der Waals surface area contributed by atoms with Gasteiger partial charge in [0.2, 0.25) is 0 Å². The van der Waals surface area contributed by atoms with Crippen LogP contribution in [-0.2, 0) is 6.54 Å². The van der Waals surface area contributed by atoms with Crippen LogP contribution in [0.1, 0.15) is 54.7 Å². The van der Waals surface area contributed by atoms with Crippen molar-refractivity contribution < 1.29 is 4.79 Å². The lowest BCUT2D eigenvalue weighted by Gasteiger charge is -2.32. The predicted octanol–water partition coefficient (Wildman–Crippen LogP) is 2.39. The number of carbonyl (C=O) groups is 1. The quantitative estimate of drug-likeness (QED) is 0.916. The maximum Gasteiger partial charge on any atom is 0.260 e. The number of likely N-dealkylation sites (tertiary alicyclic amines) is 1. The zero-order valence-electron chi connectivity index (χ0n) is 14.1. The highest BCUT2D eigenvalue weighted by atomic mass is 16.2. The molecule has 1 amide bonds. The number of unbranched alkanes of at least 4 members (excludes halogenated alkanes) is 1. The fourth-order valence-corrected chi connectivity index (χ4v) is 3.33. The second-order valence-electron chi connectivity index (χ2n) is 6.34. The van der Waals surface area contributed by atoms with Crippen LogP contribution >= 0.6 is 0 Å². The van der Waals surface area contributed by atoms with Crippen LogP contribution in [0.2, 0.25) is 0 Å². The lowest BCUT2D eigenvalue weighted by molar-refractivity contribution is 0.0701. The number of amides is 1. The summed E-state index contributed by atoms with van der Waals surface area (Å²) in [4.78, 5) is 33.4. The smallest absolute Gasteiger partial charge is 0.260 e. The van der Waals surface area contributed by atoms with Crippen molar-refractivity contribution in [2.24, 2.45) is 0 Å². The molecule has 0 saturated carbocycles. The van der Waals surface area contributed by atoms with E-state index in [9.17, 15) is 9.59 Å². The van der Waals surface area contributed by atoms with Crippen molar-refractivity contribution in [3.8, 4) is 0 Å². The fourth-order valence-electron chi connectivity index (χ4n) is 3.33. The zero-order chi connectivity index (χ0) is 16.9. The molecule has 1 saturated heterocycles. The van der Waals surface area contributed by atoms with E-state index in [1.54, 1.807) is 23.2 Å². The van der Waals surface area contributed by atoms with Gasteiger partial charge in [0.25, 0.3) is 11.5 Å². The number of hydrogen-bond acceptors (Lipinski definition) is 3. The van der Waals surface area contributed by atoms with E-state index < -0.39 is 0 Å². The van der Waals surface area contributed by atoms with Crippen LogP contribution in [0, 0.1) is 0 Å². The summed E-state index contributed by atoms with van der Waals surface area (Å²) in [6, 6.07) is 3.28. The summed E-state index contributed by atoms with van der Waals surface area (Å²) in [6.07, 6.45) is 9.63. The number of aromatic nitrogens is 3. The van der Waals surface area contributed by atoms with E-state index in [1.807, 2.05) is 12.4 Å². The van der Waals surface area contributed by atoms with Gasteiger partial charge in [0.15, 0.2) is 0 Å². The maximum atomic E-state index is 12.7. The van der Waals surface area contributed by atoms with Crippen LogP contribution in [0.15, 0.2) is 35.5 Å². The minimum atomic E-state index is -0.325. The fraction of sp³-hybridized carbons (Fsp3) is 0.500. The van der Waals surface area contributed by atoms with Gasteiger partial charge in [-0.2, -0.15) is 0 Å². The Hall–Kier alpha value is -2.37. The van der Waals surface area contributed by atoms with E-state index in [0.717, 1.165) is 38.1 Å². The number of nitrogens with one attached hydrogen (secondary N) is 1. The molecule has 1 atom stereocenters. The topological polar surface area (TPSA) is 71.0 Å². The largest absolute Gasteiger partial charge is 0.338 e. The molecular weight excluding hydrogens is 304 g/mol. The number of piperidine rings is 1. The number of rotatable bonds is 5. The normalized spacial score (nSPS) is 17.9. The number of pyridine rings is 1. The van der Waals surface area contributed by atoms with Gasteiger partial charge in [-0.05, 0) is 31.4 Å². The number of hydrogen-bond donors (Lipinski definition) is 1. The molecule has 24 heavy (non-hydrogen) atoms. The first-order valence-electron chi connectivity index (χ1n) is 8.68. The first kappa shape index (κ1) is 16.5. The summed E-state index contributed by atoms with van der Waals surface area (Å²) in [6.45, 7) is 4.46. The molecule has 6 nitrogen and oxygen atoms in total. The molecule has 2 aromatic heterocycles. The highest BCUT2D eigenvalue weighted by Gasteiger charge is 2.28. The second kappa shape index (κ2) is 7.47. The lowest BCUT2D eigenvalue weighted by Crippen LogP contribution is -2.41. The standard InChI is InChI=1S/C18H24N4O2/c1-2-3-10-21-12-9-19-16(21)14-6-5-11-22(13-14)18(24)15-7-4-8-20-17(15)23/h4,7-9,12,14H,2-3,5-6,10-11,13H2,1H3,(H,20,23)/t14-/m1/s1. The van der Waals surface area contributed by atoms with E-state index in [-0.39, 0.29) is 22.9 Å². The molecule has 0 bridgehead atoms. The molecule has 3 heterocycles. The number of imidazole rings is 1. The molecule has 0 aromatic carbocycles. The van der Waals surface area contributed by atoms with Crippen molar-refractivity contribution in [3.05, 3.63) is 52.5 Å². The van der Waals surface area contributed by atoms with Crippen molar-refractivity contribution in [1.29, 1.82) is 0 Å². The van der Waals surface area contributed by atoms with Gasteiger partial charge in [0, 0.05) is 44.1 Å². The molecule has 0 aliphatic carbocycles. The van der Waals surface area contributed by atoms with Crippen LogP contribution < -0.4 is 5.56 Å². The van der Waals surface area contributed by atoms with Gasteiger partial charge in [-0.3, -0.25) is 9.59 Å². The molecule has 0 unspecified atom stereocenters. The van der Waals surface area contributed by atoms with Crippen molar-refractivity contribution in [2.75, 3.05) is 13.1 Å². The van der Waals surface area contributed by atoms with Crippen LogP contribution in [0.3, 0.4) is 0 Å². The van der Waals surface area contributed by atoms with Gasteiger partial charge >= 0.3 is 0 Å². The summed E-state index contributed by atoms with van der Waals surface area (Å²) >= 11 is 0. The number of nitrogens with zero attached hydrogens (tertiary/aromatic N) is 3. The summed E-state index contributed by atoms with van der Waals surface area (Å²) in [7, 11) is 0. The lowest BCUT2D eigenvalue weighted by atomic mass is 9.96. The van der Waals surface area contributed by atoms with Gasteiger partial charge in [-0.25, -0.2) is 4.98 Å². The van der Waals surface area contributed by atoms with Gasteiger partial charge in [-0.15, -0.1) is 0 Å². The summed E-state index contributed by atoms with van der Waals surface area (Å²) < 4.78 is 2.21. The monoisotopic (exact) mass is 328 g/mol. The zero-order valence-corrected chi connectivity index (χ0v) is 14.1. The molecule has 0 radical (unpaired) electrons. The van der Waals surface area contributed by atoms with Gasteiger partial charge in [-0.1, -0.05) is 13.3 Å². The molecule has 3 rings (SSSR count). The number of H-pyrrole nitrogens is 1. The Bertz CT molecular complexity index is 749. The molecule has 128 valence electrons. The van der Waals surface area contributed by atoms with E-state index >= 15 is 0 Å². The molecule has 1 aliphatic rings. The molecule has 1 aliphatic heterocycles. The molecule has 1 N–H and O–H groups in total. The highest BCUT2D eigenvalue weighted by molar-refractivity contribution is 5.93. The van der Waals surface area contributed by atoms with Crippen LogP contribution in [0.4, 0.5) is 0 Å². The first-order valence-corrected chi connectivity index (χ1v) is 8.68. The minimum absolute atomic E-state index is 0.187. The Morgan fingerprint density at radius 3 is 3.12 bits per heavy atom. The predicted molar refractivity (Wildman–Crippen MR) is 92.1 cm³/mol. The third kappa shape index (κ3) is 3.42. The maximum absolute atomic E-state index is 12.7. The Labute approximate surface area is 141 Å². The van der Waals surface area contributed by atoms with Crippen molar-refractivity contribution >= 4 is 5.91 Å². The van der Waals surface area contributed by atoms with Crippen molar-refractivity contribution in [1.82, 2.24) is 19.4 Å². The Kier molecular flexibility index (Phi) is 5.13. The summed E-state index contributed by atoms with van der Waals surface area (Å²) in [5, 5.41) is 0. The van der Waals surface area contributed by atoms with E-state index in [4.69, 9.17) is 0 Å². The highest BCUT2D eigenvalue weighted by Crippen LogP contribution is 2.26. The average Bonchev–Trinajstić information content (AvgIpc) is 3.08. The molecule has 0 spiro atoms. The third-order valence-corrected chi connectivity index (χ3v) is 4.62. The summed E-state index contributed by atoms with van der Waals surface area (Å²) in [5.41, 5.74) is -0.110. The number of carbonyl (C=O) groups excluding carboxylic acids is 1. The average molecular weight is 328 g/mol. The number of aromatic amines is 1. The molecular formula is C18H24N4O2. The van der Waals surface area contributed by atoms with Gasteiger partial charge < -0.3 is 14.5 Å². The van der Waals surface area contributed by atoms with Crippen molar-refractivity contribution in [3.63, 3.8) is 0 Å². The Morgan fingerprint density at radius 2 is 2.33 bits per heavy atom. The Balaban J connectivity index is 1.75. The van der Waals surface area contributed by atoms with Gasteiger partial charge in [0.05, 0.1) is 0 Å². The first-order chi connectivity index (χ1) is 11.7. The van der Waals surface area contributed by atoms with E-state index in [0.29, 0.717) is 13.1 Å². The third-order valence-electron chi connectivity index (χ3n) is 4.62. The molecule has 6 heteroatoms. The Morgan fingerprint density at radius 1 is 1.46 bits per heavy atom. The van der Waals surface area contributed by atoms with E-state index in [2.05, 4.69) is 21.5 Å². The van der Waals surface area contributed by atoms with Crippen molar-refractivity contribution in [2.45, 2.75) is 45.1 Å². The molecule has 1 fully saturated rings. The van der Waals surface area contributed by atoms with E-state index in [1.165, 1.54) is 0 Å². The second-order valence-corrected chi connectivity index (χ2v) is 6.34. The summed E-state index contributed by atoms with van der Waals surface area (Å²) in [5.74, 6) is 1.11. The molecule has 2 aromatic rings. The SMILES string of the molecule is CCCCn1ccnc1[C@@H]1CCCN(C(=O)c2ccc[nH]c2=O)C1. The van der Waals surface area contributed by atoms with Crippen LogP contribution in [0.5, 0.6) is 0 Å². The van der Waals surface area contributed by atoms with Gasteiger partial charge in [0.1, 0.15) is 11.4 Å². The minimum Gasteiger partial charge on any atom is -0.338 e.